The highest BCUT2D eigenvalue weighted by Crippen LogP contribution is 2.27. The second-order valence-corrected chi connectivity index (χ2v) is 4.28. The Kier molecular flexibility index (Phi) is 4.61. The first-order valence-corrected chi connectivity index (χ1v) is 6.47. The number of hydrogen-bond acceptors (Lipinski definition) is 5. The fourth-order valence-corrected chi connectivity index (χ4v) is 1.91. The molecule has 1 heterocycles. The zero-order chi connectivity index (χ0) is 15.2. The van der Waals surface area contributed by atoms with Gasteiger partial charge < -0.3 is 4.74 Å². The summed E-state index contributed by atoms with van der Waals surface area (Å²) in [5.41, 5.74) is 1.24. The molecular formula is C15H14N2O4. The summed E-state index contributed by atoms with van der Waals surface area (Å²) in [7, 11) is 0. The van der Waals surface area contributed by atoms with E-state index in [1.165, 1.54) is 12.1 Å². The fraction of sp³-hybridized carbons (Fsp3) is 0.200. The number of ether oxygens (including phenoxy) is 1. The van der Waals surface area contributed by atoms with E-state index in [0.717, 1.165) is 0 Å². The maximum atomic E-state index is 11.5. The average molecular weight is 286 g/mol. The van der Waals surface area contributed by atoms with Crippen LogP contribution in [-0.2, 0) is 16.0 Å². The summed E-state index contributed by atoms with van der Waals surface area (Å²) in [5, 5.41) is 11.1. The number of rotatable bonds is 5. The van der Waals surface area contributed by atoms with Gasteiger partial charge in [-0.15, -0.1) is 0 Å². The van der Waals surface area contributed by atoms with Gasteiger partial charge in [-0.2, -0.15) is 0 Å². The summed E-state index contributed by atoms with van der Waals surface area (Å²) in [6.07, 6.45) is -0.00827. The van der Waals surface area contributed by atoms with Crippen molar-refractivity contribution >= 4 is 11.7 Å². The van der Waals surface area contributed by atoms with Crippen LogP contribution in [0.5, 0.6) is 0 Å². The molecule has 0 saturated heterocycles. The van der Waals surface area contributed by atoms with E-state index in [1.54, 1.807) is 31.2 Å². The minimum Gasteiger partial charge on any atom is -0.466 e. The third-order valence-electron chi connectivity index (χ3n) is 2.81. The number of nitrogens with zero attached hydrogens (tertiary/aromatic N) is 2. The SMILES string of the molecule is CCOC(=O)Cc1ccc([N+](=O)[O-])c(-c2ccccc2)n1. The largest absolute Gasteiger partial charge is 0.466 e. The van der Waals surface area contributed by atoms with Crippen LogP contribution in [0.4, 0.5) is 5.69 Å². The van der Waals surface area contributed by atoms with Crippen LogP contribution in [0, 0.1) is 10.1 Å². The van der Waals surface area contributed by atoms with Crippen LogP contribution in [0.25, 0.3) is 11.3 Å². The standard InChI is InChI=1S/C15H14N2O4/c1-2-21-14(18)10-12-8-9-13(17(19)20)15(16-12)11-6-4-3-5-7-11/h3-9H,2,10H2,1H3. The van der Waals surface area contributed by atoms with Crippen LogP contribution in [0.1, 0.15) is 12.6 Å². The summed E-state index contributed by atoms with van der Waals surface area (Å²) in [5.74, 6) is -0.405. The Balaban J connectivity index is 2.40. The molecule has 0 spiro atoms. The van der Waals surface area contributed by atoms with Crippen molar-refractivity contribution in [1.82, 2.24) is 4.98 Å². The zero-order valence-electron chi connectivity index (χ0n) is 11.5. The molecular weight excluding hydrogens is 272 g/mol. The zero-order valence-corrected chi connectivity index (χ0v) is 11.5. The molecule has 0 N–H and O–H groups in total. The Morgan fingerprint density at radius 1 is 1.24 bits per heavy atom. The number of pyridine rings is 1. The van der Waals surface area contributed by atoms with Crippen LogP contribution >= 0.6 is 0 Å². The number of carbonyl (C=O) groups excluding carboxylic acids is 1. The van der Waals surface area contributed by atoms with Crippen LogP contribution in [0.15, 0.2) is 42.5 Å². The first-order valence-electron chi connectivity index (χ1n) is 6.47. The molecule has 2 rings (SSSR count). The number of hydrogen-bond donors (Lipinski definition) is 0. The van der Waals surface area contributed by atoms with E-state index in [1.807, 2.05) is 6.07 Å². The van der Waals surface area contributed by atoms with Gasteiger partial charge in [0.1, 0.15) is 5.69 Å². The Morgan fingerprint density at radius 2 is 1.95 bits per heavy atom. The molecule has 0 radical (unpaired) electrons. The molecule has 0 bridgehead atoms. The lowest BCUT2D eigenvalue weighted by Crippen LogP contribution is -2.09. The molecule has 0 fully saturated rings. The number of esters is 1. The molecule has 0 aliphatic carbocycles. The van der Waals surface area contributed by atoms with Crippen molar-refractivity contribution in [2.45, 2.75) is 13.3 Å². The molecule has 1 aromatic carbocycles. The third kappa shape index (κ3) is 3.62. The Bertz CT molecular complexity index is 656. The van der Waals surface area contributed by atoms with E-state index in [0.29, 0.717) is 11.3 Å². The minimum atomic E-state index is -0.483. The van der Waals surface area contributed by atoms with E-state index in [9.17, 15) is 14.9 Å². The van der Waals surface area contributed by atoms with Crippen molar-refractivity contribution in [3.63, 3.8) is 0 Å². The van der Waals surface area contributed by atoms with Gasteiger partial charge in [0, 0.05) is 11.6 Å². The summed E-state index contributed by atoms with van der Waals surface area (Å²) >= 11 is 0. The smallest absolute Gasteiger partial charge is 0.311 e. The molecule has 0 saturated carbocycles. The van der Waals surface area contributed by atoms with Crippen molar-refractivity contribution in [3.8, 4) is 11.3 Å². The van der Waals surface area contributed by atoms with Gasteiger partial charge >= 0.3 is 5.97 Å². The molecule has 1 aromatic heterocycles. The van der Waals surface area contributed by atoms with Gasteiger partial charge in [-0.05, 0) is 13.0 Å². The predicted molar refractivity (Wildman–Crippen MR) is 76.7 cm³/mol. The van der Waals surface area contributed by atoms with Crippen molar-refractivity contribution in [2.24, 2.45) is 0 Å². The van der Waals surface area contributed by atoms with Crippen LogP contribution < -0.4 is 0 Å². The lowest BCUT2D eigenvalue weighted by Gasteiger charge is -2.06. The Labute approximate surface area is 121 Å². The lowest BCUT2D eigenvalue weighted by molar-refractivity contribution is -0.384. The van der Waals surface area contributed by atoms with Crippen molar-refractivity contribution < 1.29 is 14.5 Å². The van der Waals surface area contributed by atoms with Gasteiger partial charge in [-0.25, -0.2) is 4.98 Å². The number of aromatic nitrogens is 1. The molecule has 0 atom stereocenters. The van der Waals surface area contributed by atoms with Crippen molar-refractivity contribution in [3.05, 3.63) is 58.3 Å². The molecule has 0 amide bonds. The van der Waals surface area contributed by atoms with Gasteiger partial charge in [-0.3, -0.25) is 14.9 Å². The summed E-state index contributed by atoms with van der Waals surface area (Å²) in [6.45, 7) is 2.01. The predicted octanol–water partition coefficient (Wildman–Crippen LogP) is 2.76. The molecule has 0 aliphatic rings. The molecule has 6 heteroatoms. The quantitative estimate of drug-likeness (QED) is 0.479. The van der Waals surface area contributed by atoms with Crippen LogP contribution in [0.2, 0.25) is 0 Å². The highest BCUT2D eigenvalue weighted by atomic mass is 16.6. The highest BCUT2D eigenvalue weighted by Gasteiger charge is 2.18. The van der Waals surface area contributed by atoms with E-state index in [2.05, 4.69) is 4.98 Å². The van der Waals surface area contributed by atoms with Gasteiger partial charge in [0.15, 0.2) is 0 Å². The first kappa shape index (κ1) is 14.6. The summed E-state index contributed by atoms with van der Waals surface area (Å²) in [4.78, 5) is 26.3. The third-order valence-corrected chi connectivity index (χ3v) is 2.81. The van der Waals surface area contributed by atoms with E-state index >= 15 is 0 Å². The molecule has 108 valence electrons. The number of benzene rings is 1. The van der Waals surface area contributed by atoms with Gasteiger partial charge in [-0.1, -0.05) is 30.3 Å². The first-order chi connectivity index (χ1) is 10.1. The second kappa shape index (κ2) is 6.60. The molecule has 2 aromatic rings. The normalized spacial score (nSPS) is 10.1. The number of carbonyl (C=O) groups is 1. The monoisotopic (exact) mass is 286 g/mol. The van der Waals surface area contributed by atoms with Crippen molar-refractivity contribution in [1.29, 1.82) is 0 Å². The average Bonchev–Trinajstić information content (AvgIpc) is 2.48. The van der Waals surface area contributed by atoms with Gasteiger partial charge in [0.05, 0.1) is 23.6 Å². The van der Waals surface area contributed by atoms with E-state index in [-0.39, 0.29) is 24.4 Å². The van der Waals surface area contributed by atoms with Crippen molar-refractivity contribution in [2.75, 3.05) is 6.61 Å². The second-order valence-electron chi connectivity index (χ2n) is 4.28. The highest BCUT2D eigenvalue weighted by molar-refractivity contribution is 5.74. The maximum Gasteiger partial charge on any atom is 0.311 e. The Morgan fingerprint density at radius 3 is 2.57 bits per heavy atom. The summed E-state index contributed by atoms with van der Waals surface area (Å²) < 4.78 is 4.86. The molecule has 6 nitrogen and oxygen atoms in total. The summed E-state index contributed by atoms with van der Waals surface area (Å²) in [6, 6.07) is 11.7. The number of nitro groups is 1. The van der Waals surface area contributed by atoms with Crippen LogP contribution in [0.3, 0.4) is 0 Å². The van der Waals surface area contributed by atoms with Crippen LogP contribution in [-0.4, -0.2) is 22.5 Å². The topological polar surface area (TPSA) is 82.3 Å². The maximum absolute atomic E-state index is 11.5. The fourth-order valence-electron chi connectivity index (χ4n) is 1.91. The van der Waals surface area contributed by atoms with E-state index < -0.39 is 10.9 Å². The molecule has 0 unspecified atom stereocenters. The van der Waals surface area contributed by atoms with Gasteiger partial charge in [0.25, 0.3) is 5.69 Å². The molecule has 0 aliphatic heterocycles. The van der Waals surface area contributed by atoms with E-state index in [4.69, 9.17) is 4.74 Å². The lowest BCUT2D eigenvalue weighted by atomic mass is 10.1. The minimum absolute atomic E-state index is 0.00827. The Hall–Kier alpha value is -2.76. The van der Waals surface area contributed by atoms with Gasteiger partial charge in [0.2, 0.25) is 0 Å². The molecule has 21 heavy (non-hydrogen) atoms.